The summed E-state index contributed by atoms with van der Waals surface area (Å²) in [6, 6.07) is 8.59. The predicted molar refractivity (Wildman–Crippen MR) is 87.3 cm³/mol. The van der Waals surface area contributed by atoms with E-state index in [1.54, 1.807) is 25.3 Å². The molecule has 118 valence electrons. The van der Waals surface area contributed by atoms with Crippen LogP contribution in [0.5, 0.6) is 0 Å². The second-order valence-electron chi connectivity index (χ2n) is 4.83. The molecule has 0 bridgehead atoms. The minimum atomic E-state index is -1.00. The number of nitrogens with one attached hydrogen (secondary N) is 1. The maximum Gasteiger partial charge on any atom is 0.336 e. The maximum absolute atomic E-state index is 11.5. The van der Waals surface area contributed by atoms with Crippen LogP contribution in [0.25, 0.3) is 10.9 Å². The van der Waals surface area contributed by atoms with Crippen molar-refractivity contribution >= 4 is 39.2 Å². The molecule has 0 fully saturated rings. The van der Waals surface area contributed by atoms with E-state index in [1.807, 2.05) is 13.0 Å². The standard InChI is InChI=1S/C15H14N4O3S/c1-8(22-2)13-18-19-15(23-13)17-12-7-10(14(20)21)9-5-3-4-6-11(9)16-12/h3-8H,1-2H3,(H,20,21)(H,16,17,19). The van der Waals surface area contributed by atoms with E-state index in [0.29, 0.717) is 21.9 Å². The van der Waals surface area contributed by atoms with E-state index in [0.717, 1.165) is 5.01 Å². The Morgan fingerprint density at radius 3 is 2.87 bits per heavy atom. The van der Waals surface area contributed by atoms with Crippen molar-refractivity contribution in [3.05, 3.63) is 40.9 Å². The van der Waals surface area contributed by atoms with Crippen LogP contribution >= 0.6 is 11.3 Å². The summed E-state index contributed by atoms with van der Waals surface area (Å²) in [5.41, 5.74) is 0.790. The number of anilines is 2. The second kappa shape index (κ2) is 6.27. The lowest BCUT2D eigenvalue weighted by molar-refractivity contribution is 0.0699. The van der Waals surface area contributed by atoms with Gasteiger partial charge in [-0.05, 0) is 19.1 Å². The number of carboxylic acid groups (broad SMARTS) is 1. The molecule has 0 aliphatic heterocycles. The van der Waals surface area contributed by atoms with Crippen molar-refractivity contribution in [2.24, 2.45) is 0 Å². The molecule has 7 nitrogen and oxygen atoms in total. The van der Waals surface area contributed by atoms with Crippen LogP contribution < -0.4 is 5.32 Å². The van der Waals surface area contributed by atoms with Crippen molar-refractivity contribution in [3.63, 3.8) is 0 Å². The lowest BCUT2D eigenvalue weighted by Crippen LogP contribution is -2.02. The number of rotatable bonds is 5. The van der Waals surface area contributed by atoms with Crippen LogP contribution in [0.3, 0.4) is 0 Å². The number of pyridine rings is 1. The molecule has 0 aliphatic rings. The molecule has 1 aromatic carbocycles. The lowest BCUT2D eigenvalue weighted by Gasteiger charge is -2.07. The third-order valence-electron chi connectivity index (χ3n) is 3.32. The van der Waals surface area contributed by atoms with Gasteiger partial charge < -0.3 is 15.2 Å². The van der Waals surface area contributed by atoms with Gasteiger partial charge in [0, 0.05) is 12.5 Å². The van der Waals surface area contributed by atoms with Crippen molar-refractivity contribution in [1.82, 2.24) is 15.2 Å². The van der Waals surface area contributed by atoms with Crippen molar-refractivity contribution in [2.45, 2.75) is 13.0 Å². The largest absolute Gasteiger partial charge is 0.478 e. The molecule has 1 atom stereocenters. The number of aromatic nitrogens is 3. The number of ether oxygens (including phenoxy) is 1. The van der Waals surface area contributed by atoms with E-state index >= 15 is 0 Å². The molecule has 2 aromatic heterocycles. The highest BCUT2D eigenvalue weighted by molar-refractivity contribution is 7.15. The number of fused-ring (bicyclic) bond motifs is 1. The first-order valence-electron chi connectivity index (χ1n) is 6.85. The van der Waals surface area contributed by atoms with E-state index in [1.165, 1.54) is 17.4 Å². The number of aromatic carboxylic acids is 1. The fourth-order valence-electron chi connectivity index (χ4n) is 2.08. The zero-order chi connectivity index (χ0) is 16.4. The highest BCUT2D eigenvalue weighted by Crippen LogP contribution is 2.27. The molecule has 0 saturated carbocycles. The molecule has 3 aromatic rings. The number of hydrogen-bond donors (Lipinski definition) is 2. The minimum Gasteiger partial charge on any atom is -0.478 e. The van der Waals surface area contributed by atoms with Gasteiger partial charge in [0.15, 0.2) is 0 Å². The average Bonchev–Trinajstić information content (AvgIpc) is 3.01. The third-order valence-corrected chi connectivity index (χ3v) is 4.32. The molecule has 8 heteroatoms. The van der Waals surface area contributed by atoms with Gasteiger partial charge >= 0.3 is 5.97 Å². The number of carboxylic acids is 1. The topological polar surface area (TPSA) is 97.2 Å². The Morgan fingerprint density at radius 1 is 1.35 bits per heavy atom. The Morgan fingerprint density at radius 2 is 2.13 bits per heavy atom. The molecule has 0 aliphatic carbocycles. The fourth-order valence-corrected chi connectivity index (χ4v) is 2.86. The van der Waals surface area contributed by atoms with Crippen molar-refractivity contribution < 1.29 is 14.6 Å². The van der Waals surface area contributed by atoms with Crippen molar-refractivity contribution in [1.29, 1.82) is 0 Å². The maximum atomic E-state index is 11.5. The van der Waals surface area contributed by atoms with Gasteiger partial charge in [0.2, 0.25) is 5.13 Å². The van der Waals surface area contributed by atoms with E-state index < -0.39 is 5.97 Å². The van der Waals surface area contributed by atoms with Gasteiger partial charge in [-0.1, -0.05) is 29.5 Å². The molecule has 0 radical (unpaired) electrons. The number of hydrogen-bond acceptors (Lipinski definition) is 7. The van der Waals surface area contributed by atoms with Gasteiger partial charge in [-0.25, -0.2) is 9.78 Å². The van der Waals surface area contributed by atoms with Crippen LogP contribution in [-0.4, -0.2) is 33.4 Å². The van der Waals surface area contributed by atoms with Crippen molar-refractivity contribution in [3.8, 4) is 0 Å². The highest BCUT2D eigenvalue weighted by Gasteiger charge is 2.14. The molecular formula is C15H14N4O3S. The predicted octanol–water partition coefficient (Wildman–Crippen LogP) is 3.24. The quantitative estimate of drug-likeness (QED) is 0.741. The first-order chi connectivity index (χ1) is 11.1. The zero-order valence-electron chi connectivity index (χ0n) is 12.5. The van der Waals surface area contributed by atoms with Crippen LogP contribution in [-0.2, 0) is 4.74 Å². The van der Waals surface area contributed by atoms with Gasteiger partial charge in [0.25, 0.3) is 0 Å². The number of nitrogens with zero attached hydrogens (tertiary/aromatic N) is 3. The van der Waals surface area contributed by atoms with E-state index in [2.05, 4.69) is 20.5 Å². The molecule has 0 spiro atoms. The van der Waals surface area contributed by atoms with Crippen LogP contribution in [0, 0.1) is 0 Å². The SMILES string of the molecule is COC(C)c1nnc(Nc2cc(C(=O)O)c3ccccc3n2)s1. The van der Waals surface area contributed by atoms with Gasteiger partial charge in [-0.3, -0.25) is 0 Å². The molecule has 2 heterocycles. The molecule has 3 rings (SSSR count). The molecule has 1 unspecified atom stereocenters. The summed E-state index contributed by atoms with van der Waals surface area (Å²) < 4.78 is 5.19. The van der Waals surface area contributed by atoms with Crippen molar-refractivity contribution in [2.75, 3.05) is 12.4 Å². The number of para-hydroxylation sites is 1. The summed E-state index contributed by atoms with van der Waals surface area (Å²) in [5, 5.41) is 22.3. The van der Waals surface area contributed by atoms with Gasteiger partial charge in [0.1, 0.15) is 16.9 Å². The summed E-state index contributed by atoms with van der Waals surface area (Å²) in [7, 11) is 1.60. The summed E-state index contributed by atoms with van der Waals surface area (Å²) in [4.78, 5) is 15.9. The Balaban J connectivity index is 1.97. The molecule has 2 N–H and O–H groups in total. The average molecular weight is 330 g/mol. The summed E-state index contributed by atoms with van der Waals surface area (Å²) >= 11 is 1.33. The lowest BCUT2D eigenvalue weighted by atomic mass is 10.1. The number of benzene rings is 1. The molecular weight excluding hydrogens is 316 g/mol. The van der Waals surface area contributed by atoms with Gasteiger partial charge in [-0.2, -0.15) is 0 Å². The first kappa shape index (κ1) is 15.3. The number of methoxy groups -OCH3 is 1. The van der Waals surface area contributed by atoms with Crippen LogP contribution in [0.15, 0.2) is 30.3 Å². The van der Waals surface area contributed by atoms with Gasteiger partial charge in [0.05, 0.1) is 11.1 Å². The summed E-state index contributed by atoms with van der Waals surface area (Å²) in [6.07, 6.45) is -0.151. The number of carbonyl (C=O) groups is 1. The van der Waals surface area contributed by atoms with E-state index in [9.17, 15) is 9.90 Å². The zero-order valence-corrected chi connectivity index (χ0v) is 13.3. The Kier molecular flexibility index (Phi) is 4.18. The fraction of sp³-hybridized carbons (Fsp3) is 0.200. The van der Waals surface area contributed by atoms with Gasteiger partial charge in [-0.15, -0.1) is 10.2 Å². The smallest absolute Gasteiger partial charge is 0.336 e. The monoisotopic (exact) mass is 330 g/mol. The Hall–Kier alpha value is -2.58. The Bertz CT molecular complexity index is 865. The minimum absolute atomic E-state index is 0.151. The molecule has 0 amide bonds. The summed E-state index contributed by atoms with van der Waals surface area (Å²) in [6.45, 7) is 1.88. The van der Waals surface area contributed by atoms with E-state index in [4.69, 9.17) is 4.74 Å². The molecule has 23 heavy (non-hydrogen) atoms. The normalized spacial score (nSPS) is 12.3. The third kappa shape index (κ3) is 3.13. The van der Waals surface area contributed by atoms with Crippen LogP contribution in [0.1, 0.15) is 28.4 Å². The Labute approximate surface area is 136 Å². The summed E-state index contributed by atoms with van der Waals surface area (Å²) in [5.74, 6) is -0.591. The highest BCUT2D eigenvalue weighted by atomic mass is 32.1. The first-order valence-corrected chi connectivity index (χ1v) is 7.66. The van der Waals surface area contributed by atoms with Crippen LogP contribution in [0.2, 0.25) is 0 Å². The van der Waals surface area contributed by atoms with Crippen LogP contribution in [0.4, 0.5) is 10.9 Å². The molecule has 0 saturated heterocycles. The second-order valence-corrected chi connectivity index (χ2v) is 5.83. The van der Waals surface area contributed by atoms with E-state index in [-0.39, 0.29) is 11.7 Å².